The van der Waals surface area contributed by atoms with Crippen LogP contribution in [0, 0.1) is 10.1 Å². The smallest absolute Gasteiger partial charge is 0.355 e. The summed E-state index contributed by atoms with van der Waals surface area (Å²) in [4.78, 5) is 29.2. The zero-order valence-corrected chi connectivity index (χ0v) is 9.45. The number of hydrogen-bond acceptors (Lipinski definition) is 5. The molecule has 0 unspecified atom stereocenters. The molecular formula is C11H9N3O4. The number of carbonyl (C=O) groups is 1. The van der Waals surface area contributed by atoms with E-state index in [0.717, 1.165) is 0 Å². The predicted molar refractivity (Wildman–Crippen MR) is 62.5 cm³/mol. The fourth-order valence-corrected chi connectivity index (χ4v) is 1.60. The highest BCUT2D eigenvalue weighted by molar-refractivity contribution is 6.01. The van der Waals surface area contributed by atoms with Crippen molar-refractivity contribution in [1.82, 2.24) is 9.97 Å². The Morgan fingerprint density at radius 2 is 2.17 bits per heavy atom. The Morgan fingerprint density at radius 1 is 1.44 bits per heavy atom. The van der Waals surface area contributed by atoms with Crippen molar-refractivity contribution in [3.05, 3.63) is 39.8 Å². The Balaban J connectivity index is 2.79. The first-order valence-corrected chi connectivity index (χ1v) is 5.21. The summed E-state index contributed by atoms with van der Waals surface area (Å²) >= 11 is 0. The molecule has 0 aliphatic rings. The molecule has 0 aliphatic carbocycles. The summed E-state index contributed by atoms with van der Waals surface area (Å²) in [5.41, 5.74) is 0.00301. The van der Waals surface area contributed by atoms with Crippen LogP contribution in [0.15, 0.2) is 18.2 Å². The van der Waals surface area contributed by atoms with E-state index in [2.05, 4.69) is 9.97 Å². The van der Waals surface area contributed by atoms with Gasteiger partial charge in [0.2, 0.25) is 0 Å². The topological polar surface area (TPSA) is 106 Å². The lowest BCUT2D eigenvalue weighted by molar-refractivity contribution is -0.384. The van der Waals surface area contributed by atoms with Crippen molar-refractivity contribution in [3.8, 4) is 0 Å². The molecule has 2 rings (SSSR count). The molecule has 7 nitrogen and oxygen atoms in total. The Bertz CT molecular complexity index is 654. The van der Waals surface area contributed by atoms with Crippen LogP contribution >= 0.6 is 0 Å². The fourth-order valence-electron chi connectivity index (χ4n) is 1.60. The van der Waals surface area contributed by atoms with E-state index >= 15 is 0 Å². The standard InChI is InChI=1S/C11H9N3O4/c1-2-9-12-8-4-3-6(14(17)18)5-7(8)10(13-9)11(15)16/h3-5H,2H2,1H3,(H,15,16). The molecule has 1 aromatic heterocycles. The molecule has 0 spiro atoms. The van der Waals surface area contributed by atoms with E-state index in [9.17, 15) is 14.9 Å². The minimum atomic E-state index is -1.22. The number of nitro groups is 1. The molecule has 1 N–H and O–H groups in total. The van der Waals surface area contributed by atoms with Gasteiger partial charge in [0.25, 0.3) is 5.69 Å². The first-order chi connectivity index (χ1) is 8.52. The zero-order chi connectivity index (χ0) is 13.3. The molecule has 0 aliphatic heterocycles. The molecule has 1 heterocycles. The number of rotatable bonds is 3. The van der Waals surface area contributed by atoms with Crippen molar-refractivity contribution in [2.75, 3.05) is 0 Å². The van der Waals surface area contributed by atoms with Crippen LogP contribution < -0.4 is 0 Å². The maximum Gasteiger partial charge on any atom is 0.355 e. The van der Waals surface area contributed by atoms with Gasteiger partial charge in [0.05, 0.1) is 10.4 Å². The highest BCUT2D eigenvalue weighted by atomic mass is 16.6. The number of aromatic carboxylic acids is 1. The summed E-state index contributed by atoms with van der Waals surface area (Å²) < 4.78 is 0. The van der Waals surface area contributed by atoms with Gasteiger partial charge in [-0.2, -0.15) is 0 Å². The van der Waals surface area contributed by atoms with E-state index < -0.39 is 10.9 Å². The Hall–Kier alpha value is -2.57. The largest absolute Gasteiger partial charge is 0.476 e. The third-order valence-corrected chi connectivity index (χ3v) is 2.46. The summed E-state index contributed by atoms with van der Waals surface area (Å²) in [6, 6.07) is 3.90. The summed E-state index contributed by atoms with van der Waals surface area (Å²) in [7, 11) is 0. The Labute approximate surface area is 101 Å². The SMILES string of the molecule is CCc1nc(C(=O)O)c2cc([N+](=O)[O-])ccc2n1. The van der Waals surface area contributed by atoms with Crippen LogP contribution in [-0.2, 0) is 6.42 Å². The molecule has 2 aromatic rings. The van der Waals surface area contributed by atoms with Crippen LogP contribution in [0.3, 0.4) is 0 Å². The summed E-state index contributed by atoms with van der Waals surface area (Å²) in [6.45, 7) is 1.80. The molecule has 18 heavy (non-hydrogen) atoms. The highest BCUT2D eigenvalue weighted by Gasteiger charge is 2.16. The number of hydrogen-bond donors (Lipinski definition) is 1. The molecule has 1 aromatic carbocycles. The molecule has 92 valence electrons. The summed E-state index contributed by atoms with van der Waals surface area (Å²) in [5.74, 6) is -0.827. The van der Waals surface area contributed by atoms with Crippen molar-refractivity contribution in [2.45, 2.75) is 13.3 Å². The van der Waals surface area contributed by atoms with Gasteiger partial charge in [-0.05, 0) is 6.07 Å². The van der Waals surface area contributed by atoms with E-state index in [-0.39, 0.29) is 16.8 Å². The third-order valence-electron chi connectivity index (χ3n) is 2.46. The van der Waals surface area contributed by atoms with Gasteiger partial charge in [0.15, 0.2) is 5.69 Å². The van der Waals surface area contributed by atoms with Gasteiger partial charge in [-0.1, -0.05) is 6.92 Å². The minimum Gasteiger partial charge on any atom is -0.476 e. The molecule has 0 amide bonds. The lowest BCUT2D eigenvalue weighted by atomic mass is 10.1. The van der Waals surface area contributed by atoms with Crippen LogP contribution in [0.5, 0.6) is 0 Å². The van der Waals surface area contributed by atoms with Gasteiger partial charge in [-0.3, -0.25) is 10.1 Å². The maximum absolute atomic E-state index is 11.1. The first kappa shape index (κ1) is 11.9. The van der Waals surface area contributed by atoms with Gasteiger partial charge in [-0.15, -0.1) is 0 Å². The molecule has 0 radical (unpaired) electrons. The average molecular weight is 247 g/mol. The number of aryl methyl sites for hydroxylation is 1. The second-order valence-electron chi connectivity index (χ2n) is 3.61. The number of benzene rings is 1. The molecule has 0 saturated heterocycles. The molecule has 7 heteroatoms. The number of fused-ring (bicyclic) bond motifs is 1. The monoisotopic (exact) mass is 247 g/mol. The second-order valence-corrected chi connectivity index (χ2v) is 3.61. The van der Waals surface area contributed by atoms with Crippen LogP contribution in [0.1, 0.15) is 23.2 Å². The van der Waals surface area contributed by atoms with Crippen molar-refractivity contribution < 1.29 is 14.8 Å². The van der Waals surface area contributed by atoms with Gasteiger partial charge < -0.3 is 5.11 Å². The van der Waals surface area contributed by atoms with E-state index in [0.29, 0.717) is 17.8 Å². The second kappa shape index (κ2) is 4.36. The number of non-ortho nitro benzene ring substituents is 1. The number of nitro benzene ring substituents is 1. The number of aromatic nitrogens is 2. The summed E-state index contributed by atoms with van der Waals surface area (Å²) in [6.07, 6.45) is 0.493. The van der Waals surface area contributed by atoms with Crippen molar-refractivity contribution >= 4 is 22.6 Å². The average Bonchev–Trinajstić information content (AvgIpc) is 2.36. The van der Waals surface area contributed by atoms with E-state index in [1.165, 1.54) is 18.2 Å². The van der Waals surface area contributed by atoms with Gasteiger partial charge in [-0.25, -0.2) is 14.8 Å². The van der Waals surface area contributed by atoms with Gasteiger partial charge in [0.1, 0.15) is 5.82 Å². The van der Waals surface area contributed by atoms with Gasteiger partial charge in [0, 0.05) is 23.9 Å². The van der Waals surface area contributed by atoms with Crippen molar-refractivity contribution in [2.24, 2.45) is 0 Å². The highest BCUT2D eigenvalue weighted by Crippen LogP contribution is 2.22. The molecule has 0 atom stereocenters. The minimum absolute atomic E-state index is 0.175. The molecule has 0 bridgehead atoms. The van der Waals surface area contributed by atoms with Crippen LogP contribution in [-0.4, -0.2) is 26.0 Å². The normalized spacial score (nSPS) is 10.5. The van der Waals surface area contributed by atoms with E-state index in [1.807, 2.05) is 0 Å². The van der Waals surface area contributed by atoms with Crippen LogP contribution in [0.4, 0.5) is 5.69 Å². The van der Waals surface area contributed by atoms with Gasteiger partial charge >= 0.3 is 5.97 Å². The van der Waals surface area contributed by atoms with Crippen LogP contribution in [0.25, 0.3) is 10.9 Å². The van der Waals surface area contributed by atoms with Crippen molar-refractivity contribution in [3.63, 3.8) is 0 Å². The zero-order valence-electron chi connectivity index (χ0n) is 9.45. The lowest BCUT2D eigenvalue weighted by Gasteiger charge is -2.04. The number of nitrogens with zero attached hydrogens (tertiary/aromatic N) is 3. The lowest BCUT2D eigenvalue weighted by Crippen LogP contribution is -2.06. The molecule has 0 fully saturated rings. The molecule has 0 saturated carbocycles. The number of carboxylic acids is 1. The van der Waals surface area contributed by atoms with Crippen LogP contribution in [0.2, 0.25) is 0 Å². The molecular weight excluding hydrogens is 238 g/mol. The van der Waals surface area contributed by atoms with E-state index in [1.54, 1.807) is 6.92 Å². The summed E-state index contributed by atoms with van der Waals surface area (Å²) in [5, 5.41) is 19.9. The van der Waals surface area contributed by atoms with E-state index in [4.69, 9.17) is 5.11 Å². The van der Waals surface area contributed by atoms with Crippen molar-refractivity contribution in [1.29, 1.82) is 0 Å². The quantitative estimate of drug-likeness (QED) is 0.654. The fraction of sp³-hybridized carbons (Fsp3) is 0.182. The number of carboxylic acid groups (broad SMARTS) is 1. The Morgan fingerprint density at radius 3 is 2.72 bits per heavy atom. The maximum atomic E-state index is 11.1. The Kier molecular flexibility index (Phi) is 2.88. The predicted octanol–water partition coefficient (Wildman–Crippen LogP) is 1.80. The third kappa shape index (κ3) is 1.97. The first-order valence-electron chi connectivity index (χ1n) is 5.21.